The van der Waals surface area contributed by atoms with Crippen LogP contribution in [0.2, 0.25) is 0 Å². The van der Waals surface area contributed by atoms with Crippen LogP contribution in [0.4, 0.5) is 0 Å². The summed E-state index contributed by atoms with van der Waals surface area (Å²) in [5.41, 5.74) is 3.89. The Labute approximate surface area is 162 Å². The maximum atomic E-state index is 11.3. The van der Waals surface area contributed by atoms with E-state index < -0.39 is 5.97 Å². The van der Waals surface area contributed by atoms with Gasteiger partial charge in [-0.25, -0.2) is 9.78 Å². The minimum atomic E-state index is -0.976. The number of imidazole rings is 1. The van der Waals surface area contributed by atoms with Crippen LogP contribution in [0.5, 0.6) is 5.75 Å². The van der Waals surface area contributed by atoms with Crippen molar-refractivity contribution in [2.45, 2.75) is 27.0 Å². The lowest BCUT2D eigenvalue weighted by Gasteiger charge is -2.11. The quantitative estimate of drug-likeness (QED) is 0.533. The van der Waals surface area contributed by atoms with Gasteiger partial charge in [-0.15, -0.1) is 0 Å². The Morgan fingerprint density at radius 1 is 1.18 bits per heavy atom. The zero-order valence-corrected chi connectivity index (χ0v) is 15.7. The highest BCUT2D eigenvalue weighted by Gasteiger charge is 2.15. The Bertz CT molecular complexity index is 1140. The molecule has 0 saturated heterocycles. The smallest absolute Gasteiger partial charge is 0.335 e. The molecule has 6 nitrogen and oxygen atoms in total. The van der Waals surface area contributed by atoms with Gasteiger partial charge in [-0.05, 0) is 55.8 Å². The molecule has 0 radical (unpaired) electrons. The average molecular weight is 376 g/mol. The molecule has 2 aromatic carbocycles. The standard InChI is InChI=1S/C22H20N2O4/c1-14-5-8-20(15(2)10-14)28-13-21-23-18-11-16(22(25)26)6-7-19(18)24(21)12-17-4-3-9-27-17/h3-11H,12-13H2,1-2H3,(H,25,26). The minimum absolute atomic E-state index is 0.206. The number of aromatic carboxylic acids is 1. The fraction of sp³-hybridized carbons (Fsp3) is 0.182. The highest BCUT2D eigenvalue weighted by molar-refractivity contribution is 5.92. The third-order valence-corrected chi connectivity index (χ3v) is 4.66. The monoisotopic (exact) mass is 376 g/mol. The van der Waals surface area contributed by atoms with Gasteiger partial charge in [0.05, 0.1) is 29.4 Å². The number of rotatable bonds is 6. The van der Waals surface area contributed by atoms with Gasteiger partial charge >= 0.3 is 5.97 Å². The summed E-state index contributed by atoms with van der Waals surface area (Å²) in [5, 5.41) is 9.26. The lowest BCUT2D eigenvalue weighted by Crippen LogP contribution is -2.08. The molecule has 2 heterocycles. The normalized spacial score (nSPS) is 11.1. The van der Waals surface area contributed by atoms with E-state index in [-0.39, 0.29) is 12.2 Å². The number of benzene rings is 2. The number of carbonyl (C=O) groups is 1. The summed E-state index contributed by atoms with van der Waals surface area (Å²) >= 11 is 0. The molecule has 0 spiro atoms. The van der Waals surface area contributed by atoms with E-state index in [1.807, 2.05) is 42.7 Å². The summed E-state index contributed by atoms with van der Waals surface area (Å²) < 4.78 is 13.5. The van der Waals surface area contributed by atoms with Crippen molar-refractivity contribution in [2.24, 2.45) is 0 Å². The van der Waals surface area contributed by atoms with E-state index >= 15 is 0 Å². The summed E-state index contributed by atoms with van der Waals surface area (Å²) in [6.45, 7) is 4.80. The molecule has 0 bridgehead atoms. The van der Waals surface area contributed by atoms with E-state index in [1.165, 1.54) is 5.56 Å². The second kappa shape index (κ2) is 7.23. The number of carboxylic acid groups (broad SMARTS) is 1. The fourth-order valence-electron chi connectivity index (χ4n) is 3.26. The first-order valence-corrected chi connectivity index (χ1v) is 8.96. The Balaban J connectivity index is 1.71. The molecule has 0 unspecified atom stereocenters. The number of hydrogen-bond donors (Lipinski definition) is 1. The van der Waals surface area contributed by atoms with E-state index in [0.717, 1.165) is 22.6 Å². The molecule has 2 aromatic heterocycles. The molecular formula is C22H20N2O4. The van der Waals surface area contributed by atoms with Gasteiger partial charge < -0.3 is 18.8 Å². The van der Waals surface area contributed by atoms with E-state index in [9.17, 15) is 9.90 Å². The van der Waals surface area contributed by atoms with E-state index in [0.29, 0.717) is 17.9 Å². The first-order valence-electron chi connectivity index (χ1n) is 8.96. The molecule has 0 aliphatic carbocycles. The molecule has 0 atom stereocenters. The van der Waals surface area contributed by atoms with Crippen LogP contribution >= 0.6 is 0 Å². The van der Waals surface area contributed by atoms with Crippen LogP contribution in [0, 0.1) is 13.8 Å². The van der Waals surface area contributed by atoms with Crippen LogP contribution in [0.15, 0.2) is 59.2 Å². The topological polar surface area (TPSA) is 77.5 Å². The lowest BCUT2D eigenvalue weighted by molar-refractivity contribution is 0.0697. The summed E-state index contributed by atoms with van der Waals surface area (Å²) in [6.07, 6.45) is 1.63. The predicted octanol–water partition coefficient (Wildman–Crippen LogP) is 4.57. The molecule has 0 amide bonds. The van der Waals surface area contributed by atoms with Gasteiger partial charge in [0.25, 0.3) is 0 Å². The highest BCUT2D eigenvalue weighted by Crippen LogP contribution is 2.23. The van der Waals surface area contributed by atoms with Gasteiger partial charge in [0.15, 0.2) is 0 Å². The largest absolute Gasteiger partial charge is 0.485 e. The number of aromatic nitrogens is 2. The summed E-state index contributed by atoms with van der Waals surface area (Å²) in [4.78, 5) is 15.9. The predicted molar refractivity (Wildman–Crippen MR) is 105 cm³/mol. The number of furan rings is 1. The van der Waals surface area contributed by atoms with E-state index in [2.05, 4.69) is 11.1 Å². The molecule has 4 aromatic rings. The second-order valence-electron chi connectivity index (χ2n) is 6.76. The zero-order chi connectivity index (χ0) is 19.7. The van der Waals surface area contributed by atoms with Crippen molar-refractivity contribution in [1.82, 2.24) is 9.55 Å². The molecular weight excluding hydrogens is 356 g/mol. The van der Waals surface area contributed by atoms with Crippen LogP contribution < -0.4 is 4.74 Å². The van der Waals surface area contributed by atoms with Gasteiger partial charge in [-0.3, -0.25) is 0 Å². The molecule has 142 valence electrons. The second-order valence-corrected chi connectivity index (χ2v) is 6.76. The number of hydrogen-bond acceptors (Lipinski definition) is 4. The van der Waals surface area contributed by atoms with Crippen LogP contribution in [0.1, 0.15) is 33.1 Å². The van der Waals surface area contributed by atoms with Crippen LogP contribution in [-0.4, -0.2) is 20.6 Å². The van der Waals surface area contributed by atoms with Crippen LogP contribution in [0.25, 0.3) is 11.0 Å². The maximum absolute atomic E-state index is 11.3. The highest BCUT2D eigenvalue weighted by atomic mass is 16.5. The van der Waals surface area contributed by atoms with Gasteiger partial charge in [-0.1, -0.05) is 17.7 Å². The number of carboxylic acids is 1. The van der Waals surface area contributed by atoms with Crippen molar-refractivity contribution in [3.05, 3.63) is 83.1 Å². The molecule has 4 rings (SSSR count). The molecule has 0 fully saturated rings. The van der Waals surface area contributed by atoms with Gasteiger partial charge in [0, 0.05) is 0 Å². The first kappa shape index (κ1) is 17.9. The Morgan fingerprint density at radius 2 is 2.04 bits per heavy atom. The number of ether oxygens (including phenoxy) is 1. The SMILES string of the molecule is Cc1ccc(OCc2nc3cc(C(=O)O)ccc3n2Cc2ccco2)c(C)c1. The lowest BCUT2D eigenvalue weighted by atomic mass is 10.1. The van der Waals surface area contributed by atoms with Crippen molar-refractivity contribution in [1.29, 1.82) is 0 Å². The Kier molecular flexibility index (Phi) is 4.61. The molecule has 6 heteroatoms. The molecule has 0 aliphatic rings. The van der Waals surface area contributed by atoms with Crippen molar-refractivity contribution in [3.8, 4) is 5.75 Å². The third-order valence-electron chi connectivity index (χ3n) is 4.66. The summed E-state index contributed by atoms with van der Waals surface area (Å²) in [6, 6.07) is 14.7. The van der Waals surface area contributed by atoms with Crippen LogP contribution in [-0.2, 0) is 13.2 Å². The van der Waals surface area contributed by atoms with E-state index in [4.69, 9.17) is 9.15 Å². The van der Waals surface area contributed by atoms with Gasteiger partial charge in [0.2, 0.25) is 0 Å². The molecule has 0 saturated carbocycles. The summed E-state index contributed by atoms with van der Waals surface area (Å²) in [7, 11) is 0. The van der Waals surface area contributed by atoms with Crippen molar-refractivity contribution in [2.75, 3.05) is 0 Å². The molecule has 0 aliphatic heterocycles. The molecule has 28 heavy (non-hydrogen) atoms. The maximum Gasteiger partial charge on any atom is 0.335 e. The molecule has 1 N–H and O–H groups in total. The van der Waals surface area contributed by atoms with Gasteiger partial charge in [0.1, 0.15) is 23.9 Å². The zero-order valence-electron chi connectivity index (χ0n) is 15.7. The minimum Gasteiger partial charge on any atom is -0.485 e. The average Bonchev–Trinajstić information content (AvgIpc) is 3.29. The fourth-order valence-corrected chi connectivity index (χ4v) is 3.26. The van der Waals surface area contributed by atoms with Crippen molar-refractivity contribution < 1.29 is 19.1 Å². The van der Waals surface area contributed by atoms with Crippen molar-refractivity contribution >= 4 is 17.0 Å². The number of nitrogens with zero attached hydrogens (tertiary/aromatic N) is 2. The number of aryl methyl sites for hydroxylation is 2. The number of fused-ring (bicyclic) bond motifs is 1. The third kappa shape index (κ3) is 3.49. The van der Waals surface area contributed by atoms with E-state index in [1.54, 1.807) is 24.5 Å². The van der Waals surface area contributed by atoms with Crippen molar-refractivity contribution in [3.63, 3.8) is 0 Å². The van der Waals surface area contributed by atoms with Crippen LogP contribution in [0.3, 0.4) is 0 Å². The summed E-state index contributed by atoms with van der Waals surface area (Å²) in [5.74, 6) is 1.31. The first-order chi connectivity index (χ1) is 13.5. The Hall–Kier alpha value is -3.54. The Morgan fingerprint density at radius 3 is 2.75 bits per heavy atom. The van der Waals surface area contributed by atoms with Gasteiger partial charge in [-0.2, -0.15) is 0 Å².